The van der Waals surface area contributed by atoms with Gasteiger partial charge < -0.3 is 63.6 Å². The third-order valence-corrected chi connectivity index (χ3v) is 11.0. The van der Waals surface area contributed by atoms with Crippen molar-refractivity contribution in [1.29, 1.82) is 0 Å². The van der Waals surface area contributed by atoms with Gasteiger partial charge in [-0.1, -0.05) is 16.7 Å². The molecule has 1 aliphatic rings. The molecule has 1 aliphatic heterocycles. The lowest BCUT2D eigenvalue weighted by Crippen LogP contribution is -2.59. The molecule has 0 unspecified atom stereocenters. The number of primary amides is 1. The molecular formula is C46H74N12O18. The van der Waals surface area contributed by atoms with Gasteiger partial charge in [0.25, 0.3) is 17.7 Å². The third-order valence-electron chi connectivity index (χ3n) is 11.0. The monoisotopic (exact) mass is 1080 g/mol. The van der Waals surface area contributed by atoms with Crippen LogP contribution in [0.1, 0.15) is 91.4 Å². The molecule has 1 heterocycles. The molecule has 0 aromatic heterocycles. The number of hydroxylamine groups is 6. The second kappa shape index (κ2) is 36.5. The maximum absolute atomic E-state index is 14.4. The van der Waals surface area contributed by atoms with Crippen LogP contribution in [-0.2, 0) is 57.5 Å². The number of nitrogens with two attached hydrogens (primary N) is 1. The van der Waals surface area contributed by atoms with E-state index in [9.17, 15) is 88.5 Å². The van der Waals surface area contributed by atoms with Gasteiger partial charge in [-0.3, -0.25) is 73.2 Å². The Balaban J connectivity index is 3.87. The molecule has 16 N–H and O–H groups in total. The van der Waals surface area contributed by atoms with Crippen molar-refractivity contribution in [3.63, 3.8) is 0 Å². The quantitative estimate of drug-likeness (QED) is 0.0244. The lowest BCUT2D eigenvalue weighted by Gasteiger charge is -2.27. The van der Waals surface area contributed by atoms with Crippen molar-refractivity contribution in [3.05, 3.63) is 34.9 Å². The molecule has 0 aromatic rings. The summed E-state index contributed by atoms with van der Waals surface area (Å²) in [5.41, 5.74) is 6.59. The summed E-state index contributed by atoms with van der Waals surface area (Å²) in [5, 5.41) is 78.5. The number of hydrogen-bond donors (Lipinski definition) is 15. The van der Waals surface area contributed by atoms with Crippen molar-refractivity contribution in [2.45, 2.75) is 116 Å². The first kappa shape index (κ1) is 66.6. The first-order valence-corrected chi connectivity index (χ1v) is 24.3. The molecule has 1 saturated heterocycles. The Morgan fingerprint density at radius 2 is 0.737 bits per heavy atom. The van der Waals surface area contributed by atoms with Crippen LogP contribution in [0.3, 0.4) is 0 Å². The number of amides is 12. The van der Waals surface area contributed by atoms with Crippen molar-refractivity contribution in [1.82, 2.24) is 57.7 Å². The summed E-state index contributed by atoms with van der Waals surface area (Å²) >= 11 is 0. The molecule has 0 radical (unpaired) electrons. The predicted octanol–water partition coefficient (Wildman–Crippen LogP) is -5.35. The van der Waals surface area contributed by atoms with Gasteiger partial charge in [0.1, 0.15) is 24.2 Å². The Morgan fingerprint density at radius 1 is 0.447 bits per heavy atom. The van der Waals surface area contributed by atoms with Crippen molar-refractivity contribution in [2.24, 2.45) is 5.73 Å². The molecule has 1 fully saturated rings. The number of carbonyl (C=O) groups is 12. The molecule has 1 rings (SSSR count). The number of nitrogens with zero attached hydrogens (tertiary/aromatic N) is 3. The average molecular weight is 1080 g/mol. The van der Waals surface area contributed by atoms with Gasteiger partial charge in [0.15, 0.2) is 0 Å². The Kier molecular flexibility index (Phi) is 32.0. The number of hydrogen-bond acceptors (Lipinski definition) is 18. The van der Waals surface area contributed by atoms with Gasteiger partial charge in [-0.25, -0.2) is 15.2 Å². The summed E-state index contributed by atoms with van der Waals surface area (Å²) in [6.45, 7) is -0.517. The standard InChI is InChI=1S/C46H74N12O18/c1-28(12-18-59)21-40(67)56(74)15-4-7-31-43(70)51-26-38(65)49-24-36(63)48-25-37(64)50-27-39(66)52-34(10-11-35(47)62)46(73)55-33(9-6-17-58(76)42(69)23-30(3)14-20-61)45(72)54-32(44(71)53-31)8-5-16-57(75)41(68)22-29(2)13-19-60/h21-23,31-34,59-61,74-76H,4-20,24-27H2,1-3H3,(H2,47,62)(H,48,63)(H,49,65)(H,50,64)(H,51,70)(H,52,66)(H,53,71)(H,54,72)(H,55,73)/b28-21+,29-22+,30-23+/t31-,32-,33-,34-/m0/s1. The third kappa shape index (κ3) is 28.3. The van der Waals surface area contributed by atoms with Gasteiger partial charge in [0.2, 0.25) is 53.2 Å². The predicted molar refractivity (Wildman–Crippen MR) is 263 cm³/mol. The number of nitrogens with one attached hydrogen (secondary N) is 8. The summed E-state index contributed by atoms with van der Waals surface area (Å²) in [4.78, 5) is 157. The van der Waals surface area contributed by atoms with Crippen LogP contribution in [0.25, 0.3) is 0 Å². The molecule has 4 atom stereocenters. The highest BCUT2D eigenvalue weighted by atomic mass is 16.5. The maximum Gasteiger partial charge on any atom is 0.269 e. The molecule has 0 aromatic carbocycles. The van der Waals surface area contributed by atoms with Crippen molar-refractivity contribution < 1.29 is 88.5 Å². The Morgan fingerprint density at radius 3 is 1.05 bits per heavy atom. The van der Waals surface area contributed by atoms with E-state index >= 15 is 0 Å². The van der Waals surface area contributed by atoms with Crippen LogP contribution >= 0.6 is 0 Å². The zero-order valence-corrected chi connectivity index (χ0v) is 42.9. The van der Waals surface area contributed by atoms with E-state index in [0.717, 1.165) is 18.2 Å². The van der Waals surface area contributed by atoms with E-state index in [4.69, 9.17) is 5.73 Å². The normalized spacial score (nSPS) is 19.5. The van der Waals surface area contributed by atoms with Gasteiger partial charge in [0.05, 0.1) is 26.2 Å². The molecule has 76 heavy (non-hydrogen) atoms. The molecule has 0 aliphatic carbocycles. The van der Waals surface area contributed by atoms with E-state index in [2.05, 4.69) is 42.5 Å². The van der Waals surface area contributed by atoms with Crippen molar-refractivity contribution >= 4 is 70.9 Å². The van der Waals surface area contributed by atoms with E-state index in [1.54, 1.807) is 0 Å². The van der Waals surface area contributed by atoms with E-state index < -0.39 is 167 Å². The molecule has 12 amide bonds. The van der Waals surface area contributed by atoms with Crippen LogP contribution in [0.5, 0.6) is 0 Å². The minimum absolute atomic E-state index is 0.112. The second-order valence-electron chi connectivity index (χ2n) is 17.6. The smallest absolute Gasteiger partial charge is 0.269 e. The number of carbonyl (C=O) groups excluding carboxylic acids is 12. The van der Waals surface area contributed by atoms with Gasteiger partial charge in [-0.2, -0.15) is 0 Å². The Labute approximate surface area is 438 Å². The number of aliphatic hydroxyl groups is 3. The van der Waals surface area contributed by atoms with E-state index in [1.807, 2.05) is 0 Å². The van der Waals surface area contributed by atoms with Crippen molar-refractivity contribution in [3.8, 4) is 0 Å². The van der Waals surface area contributed by atoms with E-state index in [1.165, 1.54) is 20.8 Å². The van der Waals surface area contributed by atoms with E-state index in [-0.39, 0.29) is 64.8 Å². The molecule has 30 nitrogen and oxygen atoms in total. The number of aliphatic hydroxyl groups excluding tert-OH is 3. The maximum atomic E-state index is 14.4. The Hall–Kier alpha value is -7.38. The number of rotatable bonds is 24. The summed E-state index contributed by atoms with van der Waals surface area (Å²) in [7, 11) is 0. The molecule has 0 saturated carbocycles. The van der Waals surface area contributed by atoms with Crippen LogP contribution in [-0.4, -0.2) is 207 Å². The highest BCUT2D eigenvalue weighted by Crippen LogP contribution is 2.11. The molecular weight excluding hydrogens is 1010 g/mol. The molecule has 30 heteroatoms. The van der Waals surface area contributed by atoms with Crippen LogP contribution in [0, 0.1) is 0 Å². The fourth-order valence-electron chi connectivity index (χ4n) is 6.71. The van der Waals surface area contributed by atoms with Crippen LogP contribution in [0.4, 0.5) is 0 Å². The SMILES string of the molecule is C/C(=C\C(=O)N(O)CCC[C@@H]1NC(=O)[C@H](CCCN(O)C(=O)/C=C(\C)CCO)NC(=O)[C@H](CCCN(O)C(=O)/C=C(\C)CCO)NC(=O)[C@H](CCC(N)=O)NC(=O)CNC(=O)CNC(=O)CNC(=O)CNC1=O)CCO. The second-order valence-corrected chi connectivity index (χ2v) is 17.6. The summed E-state index contributed by atoms with van der Waals surface area (Å²) in [6.07, 6.45) is 0.732. The molecule has 426 valence electrons. The van der Waals surface area contributed by atoms with Crippen LogP contribution < -0.4 is 48.3 Å². The van der Waals surface area contributed by atoms with Gasteiger partial charge in [-0.05, 0) is 85.0 Å². The van der Waals surface area contributed by atoms with Gasteiger partial charge in [-0.15, -0.1) is 0 Å². The van der Waals surface area contributed by atoms with Crippen LogP contribution in [0.15, 0.2) is 34.9 Å². The Bertz CT molecular complexity index is 2140. The van der Waals surface area contributed by atoms with Crippen molar-refractivity contribution in [2.75, 3.05) is 65.6 Å². The summed E-state index contributed by atoms with van der Waals surface area (Å²) in [5.74, 6) is -11.6. The summed E-state index contributed by atoms with van der Waals surface area (Å²) < 4.78 is 0. The zero-order valence-electron chi connectivity index (χ0n) is 42.9. The lowest BCUT2D eigenvalue weighted by atomic mass is 10.0. The lowest BCUT2D eigenvalue weighted by molar-refractivity contribution is -0.160. The minimum atomic E-state index is -1.70. The topological polar surface area (TPSA) is 458 Å². The fraction of sp³-hybridized carbons (Fsp3) is 0.609. The minimum Gasteiger partial charge on any atom is -0.396 e. The first-order valence-electron chi connectivity index (χ1n) is 24.3. The highest BCUT2D eigenvalue weighted by Gasteiger charge is 2.32. The van der Waals surface area contributed by atoms with E-state index in [0.29, 0.717) is 31.9 Å². The summed E-state index contributed by atoms with van der Waals surface area (Å²) in [6, 6.07) is -6.63. The van der Waals surface area contributed by atoms with Gasteiger partial charge in [0, 0.05) is 64.1 Å². The average Bonchev–Trinajstić information content (AvgIpc) is 3.35. The molecule has 0 bridgehead atoms. The highest BCUT2D eigenvalue weighted by molar-refractivity contribution is 5.97. The van der Waals surface area contributed by atoms with Gasteiger partial charge >= 0.3 is 0 Å². The molecule has 0 spiro atoms. The van der Waals surface area contributed by atoms with Crippen LogP contribution in [0.2, 0.25) is 0 Å². The fourth-order valence-corrected chi connectivity index (χ4v) is 6.71. The largest absolute Gasteiger partial charge is 0.396 e. The first-order chi connectivity index (χ1) is 35.9. The zero-order chi connectivity index (χ0) is 57.3.